The van der Waals surface area contributed by atoms with Crippen molar-refractivity contribution in [2.45, 2.75) is 121 Å². The first kappa shape index (κ1) is 42.4. The van der Waals surface area contributed by atoms with Crippen molar-refractivity contribution in [1.82, 2.24) is 10.6 Å². The van der Waals surface area contributed by atoms with Crippen LogP contribution < -0.4 is 30.6 Å². The molecule has 12 nitrogen and oxygen atoms in total. The number of benzene rings is 2. The summed E-state index contributed by atoms with van der Waals surface area (Å²) >= 11 is 0. The van der Waals surface area contributed by atoms with E-state index in [1.165, 1.54) is 6.07 Å². The van der Waals surface area contributed by atoms with Crippen LogP contribution in [0.15, 0.2) is 23.2 Å². The molecule has 2 aromatic rings. The van der Waals surface area contributed by atoms with Crippen LogP contribution >= 0.6 is 21.6 Å². The number of nitrogens with one attached hydrogen (secondary N) is 2. The number of Topliss-reactive ketones (excluding diaryl/α,β-unsaturated/α-hetero) is 1. The van der Waals surface area contributed by atoms with Crippen LogP contribution in [0.3, 0.4) is 0 Å². The maximum Gasteiger partial charge on any atom is 0.201 e. The molecule has 0 radical (unpaired) electrons. The molecule has 6 atom stereocenters. The number of phenolic OH excluding ortho intramolecular Hbond substituents is 1. The number of nitrogens with zero attached hydrogens (tertiary/aromatic N) is 1. The molecular formula is C44H56N4O8S2. The van der Waals surface area contributed by atoms with Crippen molar-refractivity contribution in [2.24, 2.45) is 28.5 Å². The number of ketones is 1. The third kappa shape index (κ3) is 9.81. The van der Waals surface area contributed by atoms with Crippen LogP contribution in [0.25, 0.3) is 0 Å². The lowest BCUT2D eigenvalue weighted by molar-refractivity contribution is -0.121. The average Bonchev–Trinajstić information content (AvgIpc) is 3.65. The minimum Gasteiger partial charge on any atom is -0.504 e. The van der Waals surface area contributed by atoms with Gasteiger partial charge in [-0.25, -0.2) is 4.99 Å². The normalized spacial score (nSPS) is 27.6. The first-order valence-electron chi connectivity index (χ1n) is 20.5. The van der Waals surface area contributed by atoms with E-state index in [0.717, 1.165) is 48.1 Å². The van der Waals surface area contributed by atoms with Gasteiger partial charge in [-0.2, -0.15) is 0 Å². The van der Waals surface area contributed by atoms with Gasteiger partial charge in [0.25, 0.3) is 0 Å². The number of hydrogen-bond donors (Lipinski definition) is 7. The van der Waals surface area contributed by atoms with Gasteiger partial charge >= 0.3 is 0 Å². The van der Waals surface area contributed by atoms with Crippen molar-refractivity contribution in [2.75, 3.05) is 25.0 Å². The third-order valence-electron chi connectivity index (χ3n) is 12.2. The summed E-state index contributed by atoms with van der Waals surface area (Å²) in [7, 11) is 3.53. The lowest BCUT2D eigenvalue weighted by Gasteiger charge is -2.40. The number of carbonyl (C=O) groups is 1. The summed E-state index contributed by atoms with van der Waals surface area (Å²) in [6.07, 6.45) is 4.59. The molecule has 14 heteroatoms. The molecule has 8 N–H and O–H groups in total. The Morgan fingerprint density at radius 1 is 1.03 bits per heavy atom. The zero-order chi connectivity index (χ0) is 40.8. The number of aryl methyl sites for hydroxylation is 2. The summed E-state index contributed by atoms with van der Waals surface area (Å²) < 4.78 is 18.7. The number of aliphatic imine (C=N–C) groups is 1. The molecule has 1 spiro atoms. The first-order valence-corrected chi connectivity index (χ1v) is 23.0. The summed E-state index contributed by atoms with van der Waals surface area (Å²) in [6.45, 7) is 3.81. The van der Waals surface area contributed by atoms with Gasteiger partial charge in [-0.1, -0.05) is 84.1 Å². The number of carbonyl (C=O) groups excluding carboxylic acids is 1. The third-order valence-corrected chi connectivity index (χ3v) is 14.7. The van der Waals surface area contributed by atoms with E-state index >= 15 is 0 Å². The molecule has 58 heavy (non-hydrogen) atoms. The fraction of sp³-hybridized carbons (Fsp3) is 0.591. The molecule has 312 valence electrons. The lowest BCUT2D eigenvalue weighted by atomic mass is 9.78. The molecule has 0 unspecified atom stereocenters. The summed E-state index contributed by atoms with van der Waals surface area (Å²) in [6, 6.07) is 4.87. The SMILES string of the molecule is CC(C)[C@@H]1CSSC[C@H]2[C@H]3Cc4c5cc(c(c4O[C@@H]3O)OCNC3(CC#C[C@H]2NC(N)=N1)CCCC3)CC#Cc1c(ccc(O)c1OCO)CCC(=O)C[C@H](O)CC5. The zero-order valence-electron chi connectivity index (χ0n) is 33.4. The van der Waals surface area contributed by atoms with Crippen molar-refractivity contribution >= 4 is 33.3 Å². The molecule has 8 rings (SSSR count). The van der Waals surface area contributed by atoms with E-state index in [4.69, 9.17) is 24.9 Å². The van der Waals surface area contributed by atoms with E-state index in [1.54, 1.807) is 27.7 Å². The molecule has 2 aromatic carbocycles. The zero-order valence-corrected chi connectivity index (χ0v) is 35.0. The minimum absolute atomic E-state index is 0.00970. The Labute approximate surface area is 349 Å². The molecule has 1 fully saturated rings. The van der Waals surface area contributed by atoms with E-state index < -0.39 is 25.2 Å². The number of nitrogens with two attached hydrogens (primary N) is 1. The van der Waals surface area contributed by atoms with Gasteiger partial charge in [0.05, 0.1) is 23.8 Å². The van der Waals surface area contributed by atoms with E-state index in [0.29, 0.717) is 72.4 Å². The van der Waals surface area contributed by atoms with Gasteiger partial charge in [0, 0.05) is 65.7 Å². The highest BCUT2D eigenvalue weighted by Gasteiger charge is 2.42. The highest BCUT2D eigenvalue weighted by Crippen LogP contribution is 2.47. The summed E-state index contributed by atoms with van der Waals surface area (Å²) in [5, 5.41) is 50.7. The molecule has 6 aliphatic rings. The van der Waals surface area contributed by atoms with Crippen LogP contribution in [-0.2, 0) is 30.5 Å². The van der Waals surface area contributed by atoms with Crippen LogP contribution in [-0.4, -0.2) is 87.2 Å². The van der Waals surface area contributed by atoms with Crippen molar-refractivity contribution < 1.29 is 39.4 Å². The number of aliphatic hydroxyl groups excluding tert-OH is 3. The minimum atomic E-state index is -1.20. The van der Waals surface area contributed by atoms with Crippen LogP contribution in [0.5, 0.6) is 23.0 Å². The molecule has 1 saturated carbocycles. The van der Waals surface area contributed by atoms with Crippen LogP contribution in [0.1, 0.15) is 93.0 Å². The molecule has 4 heterocycles. The van der Waals surface area contributed by atoms with E-state index in [9.17, 15) is 25.2 Å². The summed E-state index contributed by atoms with van der Waals surface area (Å²) in [5.41, 5.74) is 9.99. The van der Waals surface area contributed by atoms with E-state index in [1.807, 2.05) is 0 Å². The molecular weight excluding hydrogens is 777 g/mol. The van der Waals surface area contributed by atoms with Crippen LogP contribution in [0.4, 0.5) is 0 Å². The number of fused-ring (bicyclic) bond motifs is 7. The smallest absolute Gasteiger partial charge is 0.201 e. The Morgan fingerprint density at radius 3 is 2.64 bits per heavy atom. The Bertz CT molecular complexity index is 1980. The number of rotatable bonds is 3. The van der Waals surface area contributed by atoms with Gasteiger partial charge in [-0.15, -0.1) is 0 Å². The molecule has 2 aliphatic carbocycles. The highest BCUT2D eigenvalue weighted by atomic mass is 33.1. The first-order chi connectivity index (χ1) is 28.0. The number of aliphatic hydroxyl groups is 3. The predicted octanol–water partition coefficient (Wildman–Crippen LogP) is 4.34. The molecule has 6 bridgehead atoms. The van der Waals surface area contributed by atoms with Crippen molar-refractivity contribution in [3.63, 3.8) is 0 Å². The summed E-state index contributed by atoms with van der Waals surface area (Å²) in [5.74, 6) is 15.8. The monoisotopic (exact) mass is 832 g/mol. The number of hydrogen-bond acceptors (Lipinski definition) is 14. The van der Waals surface area contributed by atoms with Gasteiger partial charge in [-0.3, -0.25) is 10.1 Å². The Hall–Kier alpha value is -3.76. The van der Waals surface area contributed by atoms with Gasteiger partial charge < -0.3 is 45.7 Å². The molecule has 0 saturated heterocycles. The number of ether oxygens (including phenoxy) is 3. The second-order valence-electron chi connectivity index (χ2n) is 16.5. The molecule has 0 aromatic heterocycles. The number of phenols is 1. The summed E-state index contributed by atoms with van der Waals surface area (Å²) in [4.78, 5) is 18.0. The average molecular weight is 833 g/mol. The molecule has 0 amide bonds. The highest BCUT2D eigenvalue weighted by molar-refractivity contribution is 8.76. The predicted molar refractivity (Wildman–Crippen MR) is 227 cm³/mol. The standard InChI is InChI=1S/C44H56N4O8S2/c1-26(2)37-23-58-57-22-35-34-21-33-28-11-14-31(51)20-30(50)13-10-27-12-15-38(52)40(55-25-49)32(27)8-5-7-29(19-28)39(41(33)56-42(34)53)54-24-46-44(16-3-4-17-44)18-6-9-36(35)47-43(45)48-37/h12,15,19,26,31,34-37,42,46,49,51-53H,3-4,7,10-11,13-14,16-18,20-25H2,1-2H3,(H3,45,47,48)/t31-,34-,35+,36-,37+,42+/m1/s1. The fourth-order valence-electron chi connectivity index (χ4n) is 8.79. The second-order valence-corrected chi connectivity index (χ2v) is 19.0. The largest absolute Gasteiger partial charge is 0.504 e. The van der Waals surface area contributed by atoms with E-state index in [-0.39, 0.29) is 66.7 Å². The van der Waals surface area contributed by atoms with Gasteiger partial charge in [-0.05, 0) is 61.6 Å². The number of aromatic hydroxyl groups is 1. The van der Waals surface area contributed by atoms with Gasteiger partial charge in [0.15, 0.2) is 35.8 Å². The van der Waals surface area contributed by atoms with Gasteiger partial charge in [0.2, 0.25) is 6.29 Å². The Kier molecular flexibility index (Phi) is 13.9. The van der Waals surface area contributed by atoms with Crippen LogP contribution in [0, 0.1) is 41.4 Å². The maximum absolute atomic E-state index is 13.2. The maximum atomic E-state index is 13.2. The second kappa shape index (κ2) is 19.1. The quantitative estimate of drug-likeness (QED) is 0.132. The van der Waals surface area contributed by atoms with Crippen molar-refractivity contribution in [3.8, 4) is 46.7 Å². The Morgan fingerprint density at radius 2 is 1.84 bits per heavy atom. The fourth-order valence-corrected chi connectivity index (χ4v) is 11.6. The van der Waals surface area contributed by atoms with E-state index in [2.05, 4.69) is 54.2 Å². The molecule has 4 aliphatic heterocycles. The van der Waals surface area contributed by atoms with Crippen molar-refractivity contribution in [1.29, 1.82) is 0 Å². The van der Waals surface area contributed by atoms with Gasteiger partial charge in [0.1, 0.15) is 12.5 Å². The van der Waals surface area contributed by atoms with Crippen LogP contribution in [0.2, 0.25) is 0 Å². The lowest BCUT2D eigenvalue weighted by Crippen LogP contribution is -2.51. The van der Waals surface area contributed by atoms with Crippen molar-refractivity contribution in [3.05, 3.63) is 46.0 Å². The Balaban J connectivity index is 1.35. The number of guanidine groups is 1. The topological polar surface area (TPSA) is 188 Å².